The predicted octanol–water partition coefficient (Wildman–Crippen LogP) is 16.5. The van der Waals surface area contributed by atoms with Gasteiger partial charge in [-0.15, -0.1) is 0 Å². The molecule has 0 atom stereocenters. The van der Waals surface area contributed by atoms with Crippen LogP contribution in [-0.4, -0.2) is 4.57 Å². The van der Waals surface area contributed by atoms with Crippen molar-refractivity contribution < 1.29 is 0 Å². The van der Waals surface area contributed by atoms with Crippen molar-refractivity contribution in [2.45, 2.75) is 34.5 Å². The minimum absolute atomic E-state index is 0.0906. The second kappa shape index (κ2) is 13.5. The number of nitrogens with zero attached hydrogens (tertiary/aromatic N) is 2. The lowest BCUT2D eigenvalue weighted by Gasteiger charge is -2.46. The van der Waals surface area contributed by atoms with Crippen molar-refractivity contribution in [2.24, 2.45) is 0 Å². The molecule has 0 saturated carbocycles. The van der Waals surface area contributed by atoms with Gasteiger partial charge < -0.3 is 9.47 Å². The number of rotatable bonds is 4. The second-order valence-corrected chi connectivity index (χ2v) is 19.5. The Morgan fingerprint density at radius 3 is 1.82 bits per heavy atom. The summed E-state index contributed by atoms with van der Waals surface area (Å²) in [6.45, 7) is 4.73. The zero-order valence-electron chi connectivity index (χ0n) is 36.1. The molecule has 2 nitrogen and oxygen atoms in total. The topological polar surface area (TPSA) is 8.17 Å². The zero-order chi connectivity index (χ0) is 43.0. The van der Waals surface area contributed by atoms with Gasteiger partial charge in [0.05, 0.1) is 22.1 Å². The molecule has 11 aromatic rings. The summed E-state index contributed by atoms with van der Waals surface area (Å²) in [6.07, 6.45) is 0. The second-order valence-electron chi connectivity index (χ2n) is 18.4. The Morgan fingerprint density at radius 1 is 0.400 bits per heavy atom. The third kappa shape index (κ3) is 4.91. The van der Waals surface area contributed by atoms with Crippen molar-refractivity contribution in [3.05, 3.63) is 252 Å². The van der Waals surface area contributed by atoms with Crippen LogP contribution in [0.2, 0.25) is 0 Å². The van der Waals surface area contributed by atoms with Crippen LogP contribution in [0, 0.1) is 0 Å². The number of benzene rings is 10. The molecule has 14 rings (SSSR count). The lowest BCUT2D eigenvalue weighted by atomic mass is 9.59. The molecule has 2 heterocycles. The Hall–Kier alpha value is -7.59. The Bertz CT molecular complexity index is 3750. The van der Waals surface area contributed by atoms with Crippen molar-refractivity contribution in [2.75, 3.05) is 4.90 Å². The van der Waals surface area contributed by atoms with E-state index in [-0.39, 0.29) is 5.41 Å². The van der Waals surface area contributed by atoms with Crippen molar-refractivity contribution in [1.82, 2.24) is 4.57 Å². The van der Waals surface area contributed by atoms with Gasteiger partial charge in [-0.1, -0.05) is 177 Å². The van der Waals surface area contributed by atoms with Crippen LogP contribution in [0.5, 0.6) is 0 Å². The van der Waals surface area contributed by atoms with E-state index in [0.29, 0.717) is 0 Å². The van der Waals surface area contributed by atoms with Gasteiger partial charge in [-0.25, -0.2) is 0 Å². The Labute approximate surface area is 383 Å². The van der Waals surface area contributed by atoms with Gasteiger partial charge in [0.2, 0.25) is 0 Å². The molecular weight excluding hydrogens is 805 g/mol. The van der Waals surface area contributed by atoms with Gasteiger partial charge in [0.1, 0.15) is 0 Å². The largest absolute Gasteiger partial charge is 0.310 e. The molecule has 0 bridgehead atoms. The van der Waals surface area contributed by atoms with Crippen LogP contribution in [0.25, 0.3) is 60.5 Å². The van der Waals surface area contributed by atoms with Crippen LogP contribution in [0.4, 0.5) is 17.1 Å². The van der Waals surface area contributed by atoms with Crippen LogP contribution in [0.3, 0.4) is 0 Å². The maximum Gasteiger partial charge on any atom is 0.0736 e. The molecule has 1 aromatic heterocycles. The summed E-state index contributed by atoms with van der Waals surface area (Å²) in [5, 5.41) is 5.07. The summed E-state index contributed by atoms with van der Waals surface area (Å²) in [7, 11) is 0. The monoisotopic (exact) mass is 846 g/mol. The smallest absolute Gasteiger partial charge is 0.0736 e. The number of anilines is 3. The molecule has 0 unspecified atom stereocenters. The Balaban J connectivity index is 1.03. The maximum atomic E-state index is 2.51. The van der Waals surface area contributed by atoms with E-state index in [1.807, 2.05) is 11.8 Å². The van der Waals surface area contributed by atoms with Gasteiger partial charge in [0.15, 0.2) is 0 Å². The average Bonchev–Trinajstić information content (AvgIpc) is 3.81. The molecule has 0 amide bonds. The van der Waals surface area contributed by atoms with Crippen molar-refractivity contribution in [3.8, 4) is 27.9 Å². The number of hydrogen-bond donors (Lipinski definition) is 0. The Morgan fingerprint density at radius 2 is 1.00 bits per heavy atom. The molecule has 0 fully saturated rings. The quantitative estimate of drug-likeness (QED) is 0.174. The standard InChI is InChI=1S/C62H42N2S/c1-61(2)48-24-8-6-22-46(48)60-51(61)27-16-30-56(60)64-54-29-11-7-21-44(54)47-37-41(34-36-55(47)64)63(40-19-4-3-5-20-40)42-33-35-43-45-23-14-17-39-18-15-28-52(59(39)45)62(53(43)38-42)49-25-9-12-31-57(49)65-58-32-13-10-26-50(58)62/h3-38H,1-2H3. The van der Waals surface area contributed by atoms with Crippen LogP contribution in [0.15, 0.2) is 228 Å². The number of aromatic nitrogens is 1. The van der Waals surface area contributed by atoms with Gasteiger partial charge in [-0.05, 0) is 128 Å². The SMILES string of the molecule is CC1(C)c2ccccc2-c2c(-n3c4ccccc4c4cc(N(c5ccccc5)c5ccc6c(c5)C5(c7ccccc7Sc7ccccc75)c5cccc7cccc-6c57)ccc43)cccc21. The predicted molar refractivity (Wildman–Crippen MR) is 272 cm³/mol. The summed E-state index contributed by atoms with van der Waals surface area (Å²) < 4.78 is 2.51. The van der Waals surface area contributed by atoms with Crippen molar-refractivity contribution in [1.29, 1.82) is 0 Å². The normalized spacial score (nSPS) is 14.5. The molecule has 0 N–H and O–H groups in total. The van der Waals surface area contributed by atoms with Crippen LogP contribution >= 0.6 is 11.8 Å². The van der Waals surface area contributed by atoms with Gasteiger partial charge in [-0.3, -0.25) is 0 Å². The van der Waals surface area contributed by atoms with Gasteiger partial charge in [0, 0.05) is 48.6 Å². The molecule has 2 aliphatic carbocycles. The summed E-state index contributed by atoms with van der Waals surface area (Å²) >= 11 is 1.89. The zero-order valence-corrected chi connectivity index (χ0v) is 36.9. The Kier molecular flexibility index (Phi) is 7.63. The third-order valence-electron chi connectivity index (χ3n) is 14.8. The highest BCUT2D eigenvalue weighted by molar-refractivity contribution is 7.99. The minimum atomic E-state index is -0.541. The van der Waals surface area contributed by atoms with E-state index >= 15 is 0 Å². The minimum Gasteiger partial charge on any atom is -0.310 e. The highest BCUT2D eigenvalue weighted by atomic mass is 32.2. The van der Waals surface area contributed by atoms with E-state index in [4.69, 9.17) is 0 Å². The maximum absolute atomic E-state index is 2.51. The summed E-state index contributed by atoms with van der Waals surface area (Å²) in [5.41, 5.74) is 19.6. The molecular formula is C62H42N2S. The van der Waals surface area contributed by atoms with Crippen LogP contribution in [-0.2, 0) is 10.8 Å². The number of fused-ring (bicyclic) bond motifs is 14. The lowest BCUT2D eigenvalue weighted by molar-refractivity contribution is 0.660. The van der Waals surface area contributed by atoms with E-state index in [1.165, 1.54) is 104 Å². The molecule has 1 aliphatic heterocycles. The molecule has 0 saturated heterocycles. The van der Waals surface area contributed by atoms with Gasteiger partial charge >= 0.3 is 0 Å². The first kappa shape index (κ1) is 36.8. The van der Waals surface area contributed by atoms with E-state index in [2.05, 4.69) is 242 Å². The van der Waals surface area contributed by atoms with Crippen LogP contribution < -0.4 is 4.90 Å². The fourth-order valence-electron chi connectivity index (χ4n) is 12.1. The van der Waals surface area contributed by atoms with E-state index in [1.54, 1.807) is 0 Å². The average molecular weight is 847 g/mol. The summed E-state index contributed by atoms with van der Waals surface area (Å²) in [6, 6.07) is 82.1. The van der Waals surface area contributed by atoms with E-state index in [9.17, 15) is 0 Å². The first-order valence-corrected chi connectivity index (χ1v) is 23.5. The highest BCUT2D eigenvalue weighted by Crippen LogP contribution is 2.62. The van der Waals surface area contributed by atoms with Crippen LogP contribution in [0.1, 0.15) is 47.2 Å². The van der Waals surface area contributed by atoms with E-state index < -0.39 is 5.41 Å². The highest BCUT2D eigenvalue weighted by Gasteiger charge is 2.49. The molecule has 3 heteroatoms. The number of para-hydroxylation sites is 2. The molecule has 306 valence electrons. The molecule has 10 aromatic carbocycles. The lowest BCUT2D eigenvalue weighted by Crippen LogP contribution is -2.36. The van der Waals surface area contributed by atoms with Crippen molar-refractivity contribution in [3.63, 3.8) is 0 Å². The summed E-state index contributed by atoms with van der Waals surface area (Å²) in [5.74, 6) is 0. The molecule has 0 radical (unpaired) electrons. The fourth-order valence-corrected chi connectivity index (χ4v) is 13.3. The van der Waals surface area contributed by atoms with E-state index in [0.717, 1.165) is 17.1 Å². The van der Waals surface area contributed by atoms with Gasteiger partial charge in [0.25, 0.3) is 0 Å². The first-order valence-electron chi connectivity index (χ1n) is 22.7. The first-order chi connectivity index (χ1) is 32.0. The molecule has 1 spiro atoms. The molecule has 65 heavy (non-hydrogen) atoms. The number of hydrogen-bond acceptors (Lipinski definition) is 2. The van der Waals surface area contributed by atoms with Crippen molar-refractivity contribution >= 4 is 61.4 Å². The summed E-state index contributed by atoms with van der Waals surface area (Å²) in [4.78, 5) is 5.07. The van der Waals surface area contributed by atoms with Gasteiger partial charge in [-0.2, -0.15) is 0 Å². The third-order valence-corrected chi connectivity index (χ3v) is 16.0. The molecule has 3 aliphatic rings. The fraction of sp³-hybridized carbons (Fsp3) is 0.0645.